The maximum absolute atomic E-state index is 13.7. The molecular formula is C31H47N5O6S. The van der Waals surface area contributed by atoms with E-state index in [1.54, 1.807) is 32.8 Å². The lowest BCUT2D eigenvalue weighted by molar-refractivity contribution is 0.0687. The summed E-state index contributed by atoms with van der Waals surface area (Å²) in [6.07, 6.45) is 0.592. The van der Waals surface area contributed by atoms with E-state index in [4.69, 9.17) is 0 Å². The SMILES string of the molecule is CCCN(CCC)C(=O)c1cc(C(=O)NC(Cc2ccccc2)C(O)CN(C)NS(=O)(=O)C(C)C)cc(C(=O)N(C)C)c1. The monoisotopic (exact) mass is 617 g/mol. The van der Waals surface area contributed by atoms with Crippen molar-refractivity contribution in [1.82, 2.24) is 25.0 Å². The Kier molecular flexibility index (Phi) is 13.8. The zero-order valence-electron chi connectivity index (χ0n) is 26.3. The lowest BCUT2D eigenvalue weighted by atomic mass is 9.99. The summed E-state index contributed by atoms with van der Waals surface area (Å²) in [6, 6.07) is 12.8. The van der Waals surface area contributed by atoms with Crippen LogP contribution in [-0.2, 0) is 16.4 Å². The third-order valence-electron chi connectivity index (χ3n) is 6.81. The first kappa shape index (κ1) is 35.9. The van der Waals surface area contributed by atoms with E-state index < -0.39 is 33.3 Å². The molecule has 2 aromatic rings. The molecule has 0 aliphatic carbocycles. The quantitative estimate of drug-likeness (QED) is 0.246. The molecule has 0 fully saturated rings. The summed E-state index contributed by atoms with van der Waals surface area (Å²) in [7, 11) is 1.04. The maximum Gasteiger partial charge on any atom is 0.253 e. The molecule has 238 valence electrons. The van der Waals surface area contributed by atoms with Gasteiger partial charge in [-0.05, 0) is 56.9 Å². The van der Waals surface area contributed by atoms with E-state index in [1.165, 1.54) is 35.2 Å². The van der Waals surface area contributed by atoms with Crippen molar-refractivity contribution in [3.8, 4) is 0 Å². The highest BCUT2D eigenvalue weighted by atomic mass is 32.2. The summed E-state index contributed by atoms with van der Waals surface area (Å²) in [5, 5.41) is 14.7. The number of aliphatic hydroxyl groups excluding tert-OH is 1. The van der Waals surface area contributed by atoms with E-state index in [-0.39, 0.29) is 41.5 Å². The smallest absolute Gasteiger partial charge is 0.253 e. The van der Waals surface area contributed by atoms with Gasteiger partial charge in [-0.3, -0.25) is 14.4 Å². The van der Waals surface area contributed by atoms with Crippen LogP contribution in [0.2, 0.25) is 0 Å². The fourth-order valence-electron chi connectivity index (χ4n) is 4.47. The van der Waals surface area contributed by atoms with Crippen molar-refractivity contribution in [2.75, 3.05) is 40.8 Å². The molecule has 0 saturated heterocycles. The van der Waals surface area contributed by atoms with Gasteiger partial charge in [0.1, 0.15) is 0 Å². The Balaban J connectivity index is 2.45. The van der Waals surface area contributed by atoms with Gasteiger partial charge in [-0.25, -0.2) is 13.4 Å². The molecule has 0 aliphatic rings. The van der Waals surface area contributed by atoms with E-state index in [9.17, 15) is 27.9 Å². The Morgan fingerprint density at radius 3 is 1.91 bits per heavy atom. The number of sulfonamides is 1. The Bertz CT molecular complexity index is 1330. The standard InChI is InChI=1S/C31H47N5O6S/c1-8-15-36(16-9-2)31(40)26-19-24(18-25(20-26)30(39)34(5)6)29(38)32-27(17-23-13-11-10-12-14-23)28(37)21-35(7)33-43(41,42)22(3)4/h10-14,18-20,22,27-28,33,37H,8-9,15-17,21H2,1-7H3,(H,32,38). The molecular weight excluding hydrogens is 570 g/mol. The van der Waals surface area contributed by atoms with Gasteiger partial charge < -0.3 is 20.2 Å². The Morgan fingerprint density at radius 2 is 1.40 bits per heavy atom. The molecule has 43 heavy (non-hydrogen) atoms. The molecule has 2 aromatic carbocycles. The lowest BCUT2D eigenvalue weighted by Crippen LogP contribution is -2.52. The molecule has 0 aliphatic heterocycles. The zero-order chi connectivity index (χ0) is 32.3. The number of rotatable bonds is 16. The van der Waals surface area contributed by atoms with Gasteiger partial charge in [0, 0.05) is 57.5 Å². The summed E-state index contributed by atoms with van der Waals surface area (Å²) in [4.78, 5) is 45.6. The number of nitrogens with zero attached hydrogens (tertiary/aromatic N) is 3. The van der Waals surface area contributed by atoms with Gasteiger partial charge >= 0.3 is 0 Å². The minimum atomic E-state index is -3.64. The number of carbonyl (C=O) groups is 3. The second-order valence-corrected chi connectivity index (χ2v) is 13.4. The summed E-state index contributed by atoms with van der Waals surface area (Å²) in [5.74, 6) is -1.21. The van der Waals surface area contributed by atoms with Crippen molar-refractivity contribution in [3.63, 3.8) is 0 Å². The fraction of sp³-hybridized carbons (Fsp3) is 0.516. The second-order valence-electron chi connectivity index (χ2n) is 11.2. The highest BCUT2D eigenvalue weighted by molar-refractivity contribution is 7.90. The number of hydrazine groups is 1. The van der Waals surface area contributed by atoms with Gasteiger partial charge in [0.15, 0.2) is 0 Å². The maximum atomic E-state index is 13.7. The zero-order valence-corrected chi connectivity index (χ0v) is 27.1. The van der Waals surface area contributed by atoms with Crippen LogP contribution in [0.25, 0.3) is 0 Å². The molecule has 2 unspecified atom stereocenters. The molecule has 2 atom stereocenters. The van der Waals surface area contributed by atoms with E-state index in [0.717, 1.165) is 18.4 Å². The first-order valence-corrected chi connectivity index (χ1v) is 16.2. The molecule has 12 heteroatoms. The molecule has 3 N–H and O–H groups in total. The predicted molar refractivity (Wildman–Crippen MR) is 168 cm³/mol. The third kappa shape index (κ3) is 10.7. The van der Waals surface area contributed by atoms with Crippen LogP contribution in [0.1, 0.15) is 77.2 Å². The van der Waals surface area contributed by atoms with Crippen molar-refractivity contribution in [2.24, 2.45) is 0 Å². The van der Waals surface area contributed by atoms with Gasteiger partial charge in [0.2, 0.25) is 10.0 Å². The number of likely N-dealkylation sites (N-methyl/N-ethyl adjacent to an activating group) is 1. The van der Waals surface area contributed by atoms with Crippen LogP contribution in [0, 0.1) is 0 Å². The van der Waals surface area contributed by atoms with E-state index in [2.05, 4.69) is 10.1 Å². The average molecular weight is 618 g/mol. The molecule has 2 rings (SSSR count). The molecule has 0 aromatic heterocycles. The van der Waals surface area contributed by atoms with Crippen LogP contribution in [0.5, 0.6) is 0 Å². The molecule has 0 heterocycles. The number of nitrogens with one attached hydrogen (secondary N) is 2. The number of benzene rings is 2. The van der Waals surface area contributed by atoms with Crippen molar-refractivity contribution in [1.29, 1.82) is 0 Å². The van der Waals surface area contributed by atoms with Crippen LogP contribution >= 0.6 is 0 Å². The molecule has 3 amide bonds. The number of hydrogen-bond donors (Lipinski definition) is 3. The normalized spacial score (nSPS) is 13.1. The molecule has 0 saturated carbocycles. The van der Waals surface area contributed by atoms with E-state index >= 15 is 0 Å². The van der Waals surface area contributed by atoms with Gasteiger partial charge in [0.25, 0.3) is 17.7 Å². The Hall–Kier alpha value is -3.32. The number of amides is 3. The highest BCUT2D eigenvalue weighted by Gasteiger charge is 2.27. The number of aliphatic hydroxyl groups is 1. The fourth-order valence-corrected chi connectivity index (χ4v) is 5.19. The largest absolute Gasteiger partial charge is 0.390 e. The predicted octanol–water partition coefficient (Wildman–Crippen LogP) is 2.53. The molecule has 0 radical (unpaired) electrons. The van der Waals surface area contributed by atoms with Crippen LogP contribution < -0.4 is 10.1 Å². The van der Waals surface area contributed by atoms with Crippen LogP contribution in [0.15, 0.2) is 48.5 Å². The van der Waals surface area contributed by atoms with Crippen molar-refractivity contribution >= 4 is 27.7 Å². The topological polar surface area (TPSA) is 139 Å². The average Bonchev–Trinajstić information content (AvgIpc) is 2.95. The molecule has 11 nitrogen and oxygen atoms in total. The summed E-state index contributed by atoms with van der Waals surface area (Å²) < 4.78 is 24.7. The summed E-state index contributed by atoms with van der Waals surface area (Å²) >= 11 is 0. The number of carbonyl (C=O) groups excluding carboxylic acids is 3. The third-order valence-corrected chi connectivity index (χ3v) is 8.62. The van der Waals surface area contributed by atoms with Gasteiger partial charge in [0.05, 0.1) is 17.4 Å². The highest BCUT2D eigenvalue weighted by Crippen LogP contribution is 2.17. The van der Waals surface area contributed by atoms with Gasteiger partial charge in [-0.2, -0.15) is 0 Å². The van der Waals surface area contributed by atoms with Crippen LogP contribution in [0.4, 0.5) is 0 Å². The Labute approximate surface area is 256 Å². The van der Waals surface area contributed by atoms with Crippen LogP contribution in [-0.4, -0.2) is 104 Å². The summed E-state index contributed by atoms with van der Waals surface area (Å²) in [6.45, 7) is 8.01. The van der Waals surface area contributed by atoms with Crippen molar-refractivity contribution in [3.05, 3.63) is 70.8 Å². The van der Waals surface area contributed by atoms with Crippen molar-refractivity contribution in [2.45, 2.75) is 64.4 Å². The van der Waals surface area contributed by atoms with E-state index in [1.807, 2.05) is 44.2 Å². The minimum absolute atomic E-state index is 0.100. The van der Waals surface area contributed by atoms with Crippen molar-refractivity contribution < 1.29 is 27.9 Å². The first-order chi connectivity index (χ1) is 20.2. The summed E-state index contributed by atoms with van der Waals surface area (Å²) in [5.41, 5.74) is 1.36. The van der Waals surface area contributed by atoms with Gasteiger partial charge in [-0.15, -0.1) is 4.83 Å². The lowest BCUT2D eigenvalue weighted by Gasteiger charge is -2.29. The Morgan fingerprint density at radius 1 is 0.860 bits per heavy atom. The molecule has 0 bridgehead atoms. The van der Waals surface area contributed by atoms with E-state index in [0.29, 0.717) is 13.1 Å². The number of hydrogen-bond acceptors (Lipinski definition) is 7. The molecule has 0 spiro atoms. The van der Waals surface area contributed by atoms with Crippen LogP contribution in [0.3, 0.4) is 0 Å². The first-order valence-electron chi connectivity index (χ1n) is 14.6. The minimum Gasteiger partial charge on any atom is -0.390 e. The second kappa shape index (κ2) is 16.5. The van der Waals surface area contributed by atoms with Gasteiger partial charge in [-0.1, -0.05) is 44.2 Å².